The van der Waals surface area contributed by atoms with Gasteiger partial charge in [-0.25, -0.2) is 4.98 Å². The van der Waals surface area contributed by atoms with Gasteiger partial charge >= 0.3 is 0 Å². The van der Waals surface area contributed by atoms with E-state index in [-0.39, 0.29) is 17.2 Å². The van der Waals surface area contributed by atoms with Crippen LogP contribution in [0.5, 0.6) is 5.75 Å². The first kappa shape index (κ1) is 15.8. The number of phenolic OH excluding ortho intramolecular Hbond substituents is 1. The van der Waals surface area contributed by atoms with Crippen molar-refractivity contribution in [2.24, 2.45) is 0 Å². The standard InChI is InChI=1S/C15H17ClN2O2S/c1-9(2)15-18-11(8-21-15)5-6-17-14(20)12-7-10(16)3-4-13(12)19/h3-4,7-9,19H,5-6H2,1-2H3,(H,17,20). The van der Waals surface area contributed by atoms with Gasteiger partial charge in [0.15, 0.2) is 0 Å². The Kier molecular flexibility index (Phi) is 5.20. The molecule has 2 aromatic rings. The number of hydrogen-bond acceptors (Lipinski definition) is 4. The van der Waals surface area contributed by atoms with Crippen LogP contribution in [0.3, 0.4) is 0 Å². The molecule has 2 N–H and O–H groups in total. The van der Waals surface area contributed by atoms with Crippen molar-refractivity contribution in [1.82, 2.24) is 10.3 Å². The number of phenols is 1. The predicted octanol–water partition coefficient (Wildman–Crippen LogP) is 3.60. The van der Waals surface area contributed by atoms with Crippen LogP contribution >= 0.6 is 22.9 Å². The van der Waals surface area contributed by atoms with Gasteiger partial charge in [-0.15, -0.1) is 11.3 Å². The quantitative estimate of drug-likeness (QED) is 0.883. The second-order valence-electron chi connectivity index (χ2n) is 5.00. The van der Waals surface area contributed by atoms with E-state index in [1.807, 2.05) is 5.38 Å². The van der Waals surface area contributed by atoms with Gasteiger partial charge in [-0.2, -0.15) is 0 Å². The molecule has 0 aliphatic carbocycles. The van der Waals surface area contributed by atoms with Crippen molar-refractivity contribution >= 4 is 28.8 Å². The van der Waals surface area contributed by atoms with Gasteiger partial charge in [0, 0.05) is 29.3 Å². The Morgan fingerprint density at radius 1 is 1.48 bits per heavy atom. The van der Waals surface area contributed by atoms with Crippen molar-refractivity contribution < 1.29 is 9.90 Å². The monoisotopic (exact) mass is 324 g/mol. The summed E-state index contributed by atoms with van der Waals surface area (Å²) in [7, 11) is 0. The molecule has 0 radical (unpaired) electrons. The summed E-state index contributed by atoms with van der Waals surface area (Å²) in [4.78, 5) is 16.5. The van der Waals surface area contributed by atoms with E-state index in [4.69, 9.17) is 11.6 Å². The number of carbonyl (C=O) groups excluding carboxylic acids is 1. The molecule has 0 saturated carbocycles. The molecule has 0 atom stereocenters. The van der Waals surface area contributed by atoms with Crippen molar-refractivity contribution in [1.29, 1.82) is 0 Å². The van der Waals surface area contributed by atoms with E-state index in [1.54, 1.807) is 11.3 Å². The largest absolute Gasteiger partial charge is 0.507 e. The lowest BCUT2D eigenvalue weighted by Gasteiger charge is -2.06. The number of rotatable bonds is 5. The number of carbonyl (C=O) groups is 1. The Balaban J connectivity index is 1.90. The molecule has 0 fully saturated rings. The molecule has 4 nitrogen and oxygen atoms in total. The van der Waals surface area contributed by atoms with E-state index >= 15 is 0 Å². The first-order chi connectivity index (χ1) is 9.97. The normalized spacial score (nSPS) is 10.9. The fourth-order valence-corrected chi connectivity index (χ4v) is 2.83. The van der Waals surface area contributed by atoms with Crippen LogP contribution in [0.25, 0.3) is 0 Å². The molecule has 0 unspecified atom stereocenters. The van der Waals surface area contributed by atoms with E-state index in [0.717, 1.165) is 10.7 Å². The Labute approximate surface area is 132 Å². The summed E-state index contributed by atoms with van der Waals surface area (Å²) in [5.41, 5.74) is 1.16. The van der Waals surface area contributed by atoms with Crippen LogP contribution in [0.2, 0.25) is 5.02 Å². The van der Waals surface area contributed by atoms with Gasteiger partial charge in [-0.1, -0.05) is 25.4 Å². The Hall–Kier alpha value is -1.59. The highest BCUT2D eigenvalue weighted by atomic mass is 35.5. The molecule has 0 aliphatic heterocycles. The van der Waals surface area contributed by atoms with Gasteiger partial charge in [-0.05, 0) is 18.2 Å². The summed E-state index contributed by atoms with van der Waals surface area (Å²) >= 11 is 7.46. The lowest BCUT2D eigenvalue weighted by atomic mass is 10.2. The number of amides is 1. The molecule has 6 heteroatoms. The molecule has 1 amide bonds. The van der Waals surface area contributed by atoms with Crippen molar-refractivity contribution in [2.45, 2.75) is 26.2 Å². The minimum atomic E-state index is -0.339. The van der Waals surface area contributed by atoms with Crippen LogP contribution in [-0.4, -0.2) is 22.5 Å². The highest BCUT2D eigenvalue weighted by Gasteiger charge is 2.12. The van der Waals surface area contributed by atoms with Gasteiger partial charge in [0.25, 0.3) is 5.91 Å². The first-order valence-electron chi connectivity index (χ1n) is 6.68. The summed E-state index contributed by atoms with van der Waals surface area (Å²) in [5.74, 6) is 0.00344. The number of thiazole rings is 1. The lowest BCUT2D eigenvalue weighted by Crippen LogP contribution is -2.25. The molecule has 0 aliphatic rings. The van der Waals surface area contributed by atoms with Crippen molar-refractivity contribution in [3.05, 3.63) is 44.9 Å². The Morgan fingerprint density at radius 2 is 2.24 bits per heavy atom. The van der Waals surface area contributed by atoms with E-state index in [9.17, 15) is 9.90 Å². The van der Waals surface area contributed by atoms with Crippen molar-refractivity contribution in [2.75, 3.05) is 6.54 Å². The van der Waals surface area contributed by atoms with Crippen molar-refractivity contribution in [3.63, 3.8) is 0 Å². The maximum absolute atomic E-state index is 12.0. The molecule has 1 heterocycles. The average molecular weight is 325 g/mol. The molecule has 2 rings (SSSR count). The predicted molar refractivity (Wildman–Crippen MR) is 85.4 cm³/mol. The van der Waals surface area contributed by atoms with Gasteiger partial charge in [0.2, 0.25) is 0 Å². The Morgan fingerprint density at radius 3 is 2.90 bits per heavy atom. The van der Waals surface area contributed by atoms with Gasteiger partial charge < -0.3 is 10.4 Å². The number of aromatic nitrogens is 1. The molecular formula is C15H17ClN2O2S. The maximum Gasteiger partial charge on any atom is 0.255 e. The number of halogens is 1. The summed E-state index contributed by atoms with van der Waals surface area (Å²) in [6.07, 6.45) is 0.663. The Bertz CT molecular complexity index is 640. The zero-order valence-electron chi connectivity index (χ0n) is 11.9. The highest BCUT2D eigenvalue weighted by molar-refractivity contribution is 7.09. The third-order valence-corrected chi connectivity index (χ3v) is 4.36. The summed E-state index contributed by atoms with van der Waals surface area (Å²) in [5, 5.41) is 15.9. The maximum atomic E-state index is 12.0. The van der Waals surface area contributed by atoms with Crippen LogP contribution in [0, 0.1) is 0 Å². The summed E-state index contributed by atoms with van der Waals surface area (Å²) in [6, 6.07) is 4.40. The number of nitrogens with one attached hydrogen (secondary N) is 1. The number of hydrogen-bond donors (Lipinski definition) is 2. The van der Waals surface area contributed by atoms with E-state index in [1.165, 1.54) is 18.2 Å². The summed E-state index contributed by atoms with van der Waals surface area (Å²) < 4.78 is 0. The number of nitrogens with zero attached hydrogens (tertiary/aromatic N) is 1. The number of aromatic hydroxyl groups is 1. The second kappa shape index (κ2) is 6.91. The average Bonchev–Trinajstić information content (AvgIpc) is 2.90. The fourth-order valence-electron chi connectivity index (χ4n) is 1.79. The van der Waals surface area contributed by atoms with Gasteiger partial charge in [0.05, 0.1) is 16.3 Å². The number of benzene rings is 1. The third kappa shape index (κ3) is 4.19. The molecular weight excluding hydrogens is 308 g/mol. The minimum Gasteiger partial charge on any atom is -0.507 e. The van der Waals surface area contributed by atoms with E-state index in [0.29, 0.717) is 23.9 Å². The van der Waals surface area contributed by atoms with Crippen LogP contribution in [-0.2, 0) is 6.42 Å². The van der Waals surface area contributed by atoms with Crippen LogP contribution < -0.4 is 5.32 Å². The minimum absolute atomic E-state index is 0.0762. The molecule has 1 aromatic heterocycles. The molecule has 0 saturated heterocycles. The second-order valence-corrected chi connectivity index (χ2v) is 6.33. The van der Waals surface area contributed by atoms with E-state index in [2.05, 4.69) is 24.1 Å². The van der Waals surface area contributed by atoms with Crippen molar-refractivity contribution in [3.8, 4) is 5.75 Å². The molecule has 0 bridgehead atoms. The fraction of sp³-hybridized carbons (Fsp3) is 0.333. The van der Waals surface area contributed by atoms with Crippen LogP contribution in [0.1, 0.15) is 40.8 Å². The van der Waals surface area contributed by atoms with E-state index < -0.39 is 0 Å². The molecule has 112 valence electrons. The van der Waals surface area contributed by atoms with Gasteiger partial charge in [-0.3, -0.25) is 4.79 Å². The topological polar surface area (TPSA) is 62.2 Å². The van der Waals surface area contributed by atoms with Gasteiger partial charge in [0.1, 0.15) is 5.75 Å². The highest BCUT2D eigenvalue weighted by Crippen LogP contribution is 2.21. The zero-order valence-corrected chi connectivity index (χ0v) is 13.5. The zero-order chi connectivity index (χ0) is 15.4. The molecule has 21 heavy (non-hydrogen) atoms. The van der Waals surface area contributed by atoms with Crippen LogP contribution in [0.15, 0.2) is 23.6 Å². The van der Waals surface area contributed by atoms with Crippen LogP contribution in [0.4, 0.5) is 0 Å². The smallest absolute Gasteiger partial charge is 0.255 e. The molecule has 0 spiro atoms. The molecule has 1 aromatic carbocycles. The third-order valence-electron chi connectivity index (χ3n) is 2.93. The first-order valence-corrected chi connectivity index (χ1v) is 7.94. The lowest BCUT2D eigenvalue weighted by molar-refractivity contribution is 0.0951. The summed E-state index contributed by atoms with van der Waals surface area (Å²) in [6.45, 7) is 4.67. The SMILES string of the molecule is CC(C)c1nc(CCNC(=O)c2cc(Cl)ccc2O)cs1.